The van der Waals surface area contributed by atoms with Crippen LogP contribution in [-0.4, -0.2) is 67.5 Å². The Morgan fingerprint density at radius 2 is 1.25 bits per heavy atom. The molecule has 160 valence electrons. The molecule has 0 heterocycles. The van der Waals surface area contributed by atoms with Crippen LogP contribution in [0.4, 0.5) is 0 Å². The molecule has 0 amide bonds. The third-order valence-corrected chi connectivity index (χ3v) is 9.29. The normalized spacial score (nSPS) is 12.2. The van der Waals surface area contributed by atoms with Crippen molar-refractivity contribution in [1.82, 2.24) is 0 Å². The monoisotopic (exact) mass is 412 g/mol. The average molecular weight is 413 g/mol. The van der Waals surface area contributed by atoms with Gasteiger partial charge in [-0.05, 0) is 42.4 Å². The fraction of sp³-hybridized carbons (Fsp3) is 0.667. The molecule has 0 unspecified atom stereocenters. The van der Waals surface area contributed by atoms with Crippen LogP contribution >= 0.6 is 0 Å². The first kappa shape index (κ1) is 24.8. The van der Waals surface area contributed by atoms with Gasteiger partial charge in [-0.15, -0.1) is 0 Å². The zero-order valence-electron chi connectivity index (χ0n) is 18.0. The zero-order chi connectivity index (χ0) is 20.9. The smallest absolute Gasteiger partial charge is 0.192 e. The molecule has 28 heavy (non-hydrogen) atoms. The number of hydrogen-bond donors (Lipinski definition) is 0. The van der Waals surface area contributed by atoms with E-state index < -0.39 is 8.32 Å². The van der Waals surface area contributed by atoms with E-state index in [4.69, 9.17) is 23.4 Å². The molecule has 0 saturated carbocycles. The molecule has 0 aromatic heterocycles. The summed E-state index contributed by atoms with van der Waals surface area (Å²) >= 11 is 0. The molecule has 0 bridgehead atoms. The molecule has 0 fully saturated rings. The topological polar surface area (TPSA) is 63.2 Å². The predicted molar refractivity (Wildman–Crippen MR) is 113 cm³/mol. The minimum absolute atomic E-state index is 0.224. The van der Waals surface area contributed by atoms with E-state index >= 15 is 0 Å². The first-order valence-electron chi connectivity index (χ1n) is 9.81. The van der Waals surface area contributed by atoms with E-state index in [9.17, 15) is 4.79 Å². The van der Waals surface area contributed by atoms with Crippen LogP contribution in [0.15, 0.2) is 24.3 Å². The number of rotatable bonds is 15. The molecule has 1 rings (SSSR count). The summed E-state index contributed by atoms with van der Waals surface area (Å²) in [5, 5.41) is 0.224. The fourth-order valence-electron chi connectivity index (χ4n) is 1.98. The largest absolute Gasteiger partial charge is 0.491 e. The first-order valence-corrected chi connectivity index (χ1v) is 12.7. The summed E-state index contributed by atoms with van der Waals surface area (Å²) in [5.41, 5.74) is 0.632. The van der Waals surface area contributed by atoms with Crippen molar-refractivity contribution in [2.45, 2.75) is 38.9 Å². The minimum Gasteiger partial charge on any atom is -0.491 e. The van der Waals surface area contributed by atoms with Crippen LogP contribution in [0.5, 0.6) is 5.75 Å². The fourth-order valence-corrected chi connectivity index (χ4v) is 3.00. The standard InChI is InChI=1S/C21H36O6Si/c1-21(2,3)28(4,5)27-17-15-25-13-11-23-10-12-24-14-16-26-20-8-6-19(18-22)7-9-20/h6-9,18H,10-17H2,1-5H3. The van der Waals surface area contributed by atoms with Gasteiger partial charge in [0, 0.05) is 5.56 Å². The quantitative estimate of drug-likeness (QED) is 0.247. The molecule has 0 N–H and O–H groups in total. The molecule has 7 heteroatoms. The Labute approximate surface area is 170 Å². The third-order valence-electron chi connectivity index (χ3n) is 4.75. The number of carbonyl (C=O) groups excluding carboxylic acids is 1. The maximum Gasteiger partial charge on any atom is 0.192 e. The van der Waals surface area contributed by atoms with Gasteiger partial charge in [-0.3, -0.25) is 4.79 Å². The van der Waals surface area contributed by atoms with Gasteiger partial charge in [0.15, 0.2) is 8.32 Å². The molecule has 0 aliphatic heterocycles. The second-order valence-corrected chi connectivity index (χ2v) is 12.8. The highest BCUT2D eigenvalue weighted by Crippen LogP contribution is 2.36. The first-order chi connectivity index (χ1) is 13.3. The van der Waals surface area contributed by atoms with E-state index in [2.05, 4.69) is 33.9 Å². The Balaban J connectivity index is 1.88. The maximum absolute atomic E-state index is 10.6. The van der Waals surface area contributed by atoms with Crippen molar-refractivity contribution in [2.75, 3.05) is 52.9 Å². The van der Waals surface area contributed by atoms with Gasteiger partial charge in [-0.25, -0.2) is 0 Å². The summed E-state index contributed by atoms with van der Waals surface area (Å²) < 4.78 is 28.0. The van der Waals surface area contributed by atoms with Gasteiger partial charge >= 0.3 is 0 Å². The van der Waals surface area contributed by atoms with Crippen molar-refractivity contribution in [1.29, 1.82) is 0 Å². The lowest BCUT2D eigenvalue weighted by molar-refractivity contribution is 0.00431. The number of hydrogen-bond acceptors (Lipinski definition) is 6. The van der Waals surface area contributed by atoms with Crippen LogP contribution in [0, 0.1) is 0 Å². The van der Waals surface area contributed by atoms with Crippen molar-refractivity contribution in [3.8, 4) is 5.75 Å². The van der Waals surface area contributed by atoms with E-state index in [1.54, 1.807) is 24.3 Å². The number of carbonyl (C=O) groups is 1. The summed E-state index contributed by atoms with van der Waals surface area (Å²) in [6.45, 7) is 15.5. The Hall–Kier alpha value is -1.25. The van der Waals surface area contributed by atoms with Gasteiger partial charge in [-0.1, -0.05) is 20.8 Å². The van der Waals surface area contributed by atoms with E-state index in [1.807, 2.05) is 0 Å². The van der Waals surface area contributed by atoms with E-state index in [-0.39, 0.29) is 5.04 Å². The predicted octanol–water partition coefficient (Wildman–Crippen LogP) is 3.95. The SMILES string of the molecule is CC(C)(C)[Si](C)(C)OCCOCCOCCOCCOc1ccc(C=O)cc1. The van der Waals surface area contributed by atoms with Gasteiger partial charge in [0.2, 0.25) is 0 Å². The van der Waals surface area contributed by atoms with Crippen molar-refractivity contribution in [3.05, 3.63) is 29.8 Å². The highest BCUT2D eigenvalue weighted by molar-refractivity contribution is 6.74. The lowest BCUT2D eigenvalue weighted by Crippen LogP contribution is -2.41. The van der Waals surface area contributed by atoms with Crippen LogP contribution in [-0.2, 0) is 18.6 Å². The molecular weight excluding hydrogens is 376 g/mol. The van der Waals surface area contributed by atoms with Crippen molar-refractivity contribution in [2.24, 2.45) is 0 Å². The second-order valence-electron chi connectivity index (χ2n) is 7.98. The van der Waals surface area contributed by atoms with E-state index in [0.29, 0.717) is 58.4 Å². The number of ether oxygens (including phenoxy) is 4. The second kappa shape index (κ2) is 13.1. The molecule has 1 aromatic carbocycles. The third kappa shape index (κ3) is 10.3. The number of benzene rings is 1. The van der Waals surface area contributed by atoms with Crippen LogP contribution < -0.4 is 4.74 Å². The van der Waals surface area contributed by atoms with Gasteiger partial charge in [0.1, 0.15) is 18.6 Å². The van der Waals surface area contributed by atoms with Crippen LogP contribution in [0.25, 0.3) is 0 Å². The van der Waals surface area contributed by atoms with Gasteiger partial charge in [0.05, 0.1) is 46.2 Å². The van der Waals surface area contributed by atoms with Gasteiger partial charge in [0.25, 0.3) is 0 Å². The minimum atomic E-state index is -1.68. The molecule has 0 spiro atoms. The molecule has 0 saturated heterocycles. The summed E-state index contributed by atoms with van der Waals surface area (Å²) in [6, 6.07) is 6.98. The molecular formula is C21H36O6Si. The Morgan fingerprint density at radius 3 is 1.71 bits per heavy atom. The van der Waals surface area contributed by atoms with Crippen molar-refractivity contribution < 1.29 is 28.2 Å². The Morgan fingerprint density at radius 1 is 0.786 bits per heavy atom. The maximum atomic E-state index is 10.6. The van der Waals surface area contributed by atoms with Crippen molar-refractivity contribution >= 4 is 14.6 Å². The van der Waals surface area contributed by atoms with Gasteiger partial charge in [-0.2, -0.15) is 0 Å². The lowest BCUT2D eigenvalue weighted by atomic mass is 10.2. The Bertz CT molecular complexity index is 539. The van der Waals surface area contributed by atoms with Gasteiger partial charge < -0.3 is 23.4 Å². The zero-order valence-corrected chi connectivity index (χ0v) is 19.0. The summed E-state index contributed by atoms with van der Waals surface area (Å²) in [7, 11) is -1.68. The summed E-state index contributed by atoms with van der Waals surface area (Å²) in [6.07, 6.45) is 0.807. The Kier molecular flexibility index (Phi) is 11.6. The van der Waals surface area contributed by atoms with Crippen LogP contribution in [0.2, 0.25) is 18.1 Å². The summed E-state index contributed by atoms with van der Waals surface area (Å²) in [4.78, 5) is 10.6. The highest BCUT2D eigenvalue weighted by Gasteiger charge is 2.36. The molecule has 0 radical (unpaired) electrons. The van der Waals surface area contributed by atoms with E-state index in [1.165, 1.54) is 0 Å². The molecule has 1 aromatic rings. The van der Waals surface area contributed by atoms with Crippen LogP contribution in [0.3, 0.4) is 0 Å². The van der Waals surface area contributed by atoms with Crippen LogP contribution in [0.1, 0.15) is 31.1 Å². The average Bonchev–Trinajstić information content (AvgIpc) is 2.65. The molecule has 6 nitrogen and oxygen atoms in total. The highest BCUT2D eigenvalue weighted by atomic mass is 28.4. The van der Waals surface area contributed by atoms with E-state index in [0.717, 1.165) is 12.0 Å². The molecule has 0 aliphatic carbocycles. The van der Waals surface area contributed by atoms with Crippen molar-refractivity contribution in [3.63, 3.8) is 0 Å². The molecule has 0 atom stereocenters. The number of aldehydes is 1. The summed E-state index contributed by atoms with van der Waals surface area (Å²) in [5.74, 6) is 0.722. The lowest BCUT2D eigenvalue weighted by Gasteiger charge is -2.36. The molecule has 0 aliphatic rings.